The van der Waals surface area contributed by atoms with E-state index in [1.165, 1.54) is 0 Å². The summed E-state index contributed by atoms with van der Waals surface area (Å²) in [5.41, 5.74) is 2.14. The van der Waals surface area contributed by atoms with Gasteiger partial charge in [-0.25, -0.2) is 0 Å². The summed E-state index contributed by atoms with van der Waals surface area (Å²) in [5.74, 6) is 2.39. The number of likely N-dealkylation sites (tertiary alicyclic amines) is 1. The van der Waals surface area contributed by atoms with Crippen molar-refractivity contribution in [3.63, 3.8) is 0 Å². The lowest BCUT2D eigenvalue weighted by atomic mass is 9.94. The highest BCUT2D eigenvalue weighted by Gasteiger charge is 2.38. The Balaban J connectivity index is 1.34. The zero-order valence-electron chi connectivity index (χ0n) is 15.1. The van der Waals surface area contributed by atoms with Crippen LogP contribution in [0.25, 0.3) is 0 Å². The number of ether oxygens (including phenoxy) is 3. The van der Waals surface area contributed by atoms with E-state index in [1.54, 1.807) is 7.11 Å². The van der Waals surface area contributed by atoms with Gasteiger partial charge in [-0.05, 0) is 36.6 Å². The van der Waals surface area contributed by atoms with Gasteiger partial charge in [0.25, 0.3) is 0 Å². The maximum absolute atomic E-state index is 12.8. The number of carbonyl (C=O) groups excluding carboxylic acids is 1. The molecule has 1 amide bonds. The van der Waals surface area contributed by atoms with E-state index >= 15 is 0 Å². The van der Waals surface area contributed by atoms with Crippen LogP contribution in [0.4, 0.5) is 0 Å². The monoisotopic (exact) mass is 353 g/mol. The van der Waals surface area contributed by atoms with Crippen LogP contribution in [0.3, 0.4) is 0 Å². The van der Waals surface area contributed by atoms with Gasteiger partial charge in [0.1, 0.15) is 18.5 Å². The van der Waals surface area contributed by atoms with Gasteiger partial charge in [0.2, 0.25) is 5.91 Å². The molecule has 1 saturated heterocycles. The molecular weight excluding hydrogens is 330 g/mol. The molecule has 1 fully saturated rings. The Morgan fingerprint density at radius 3 is 2.65 bits per heavy atom. The molecule has 5 nitrogen and oxygen atoms in total. The topological polar surface area (TPSA) is 48.0 Å². The number of carbonyl (C=O) groups is 1. The van der Waals surface area contributed by atoms with Crippen molar-refractivity contribution in [2.24, 2.45) is 5.92 Å². The highest BCUT2D eigenvalue weighted by Crippen LogP contribution is 2.36. The lowest BCUT2D eigenvalue weighted by Gasteiger charge is -2.41. The van der Waals surface area contributed by atoms with Gasteiger partial charge in [-0.3, -0.25) is 4.79 Å². The fourth-order valence-electron chi connectivity index (χ4n) is 3.53. The smallest absolute Gasteiger partial charge is 0.229 e. The number of para-hydroxylation sites is 2. The normalized spacial score (nSPS) is 19.2. The number of fused-ring (bicyclic) bond motifs is 1. The maximum Gasteiger partial charge on any atom is 0.229 e. The quantitative estimate of drug-likeness (QED) is 0.848. The van der Waals surface area contributed by atoms with Crippen molar-refractivity contribution in [3.05, 3.63) is 53.6 Å². The molecule has 2 heterocycles. The summed E-state index contributed by atoms with van der Waals surface area (Å²) in [6.45, 7) is 3.69. The Morgan fingerprint density at radius 1 is 1.12 bits per heavy atom. The standard InChI is InChI=1S/C21H23NO4/c1-14-6-3-4-8-18(14)26-17-11-22(12-17)21(23)16-10-15-7-5-9-19(24-2)20(15)25-13-16/h3-9,16-17H,10-13H2,1-2H3/t16-/m1/s1. The first-order valence-electron chi connectivity index (χ1n) is 8.95. The Kier molecular flexibility index (Phi) is 4.45. The number of aryl methyl sites for hydroxylation is 1. The Bertz CT molecular complexity index is 813. The first kappa shape index (κ1) is 16.8. The summed E-state index contributed by atoms with van der Waals surface area (Å²) in [5, 5.41) is 0. The minimum atomic E-state index is -0.144. The molecule has 0 bridgehead atoms. The average molecular weight is 353 g/mol. The fraction of sp³-hybridized carbons (Fsp3) is 0.381. The van der Waals surface area contributed by atoms with Crippen molar-refractivity contribution in [2.45, 2.75) is 19.4 Å². The molecule has 1 atom stereocenters. The third kappa shape index (κ3) is 3.09. The van der Waals surface area contributed by atoms with E-state index in [9.17, 15) is 4.79 Å². The Hall–Kier alpha value is -2.69. The van der Waals surface area contributed by atoms with E-state index in [4.69, 9.17) is 14.2 Å². The van der Waals surface area contributed by atoms with Crippen LogP contribution in [0.2, 0.25) is 0 Å². The van der Waals surface area contributed by atoms with Crippen molar-refractivity contribution in [3.8, 4) is 17.2 Å². The van der Waals surface area contributed by atoms with E-state index in [0.717, 1.165) is 28.4 Å². The lowest BCUT2D eigenvalue weighted by Crippen LogP contribution is -2.58. The Labute approximate surface area is 153 Å². The largest absolute Gasteiger partial charge is 0.493 e. The van der Waals surface area contributed by atoms with Crippen molar-refractivity contribution in [2.75, 3.05) is 26.8 Å². The highest BCUT2D eigenvalue weighted by atomic mass is 16.5. The first-order valence-corrected chi connectivity index (χ1v) is 8.95. The van der Waals surface area contributed by atoms with Crippen molar-refractivity contribution in [1.82, 2.24) is 4.90 Å². The fourth-order valence-corrected chi connectivity index (χ4v) is 3.53. The second kappa shape index (κ2) is 6.90. The highest BCUT2D eigenvalue weighted by molar-refractivity contribution is 5.80. The molecule has 26 heavy (non-hydrogen) atoms. The molecule has 0 radical (unpaired) electrons. The Morgan fingerprint density at radius 2 is 1.88 bits per heavy atom. The number of rotatable bonds is 4. The molecule has 2 aliphatic rings. The average Bonchev–Trinajstić information content (AvgIpc) is 2.64. The molecule has 136 valence electrons. The van der Waals surface area contributed by atoms with Crippen LogP contribution in [0.5, 0.6) is 17.2 Å². The molecular formula is C21H23NO4. The van der Waals surface area contributed by atoms with Gasteiger partial charge >= 0.3 is 0 Å². The van der Waals surface area contributed by atoms with E-state index in [1.807, 2.05) is 54.3 Å². The van der Waals surface area contributed by atoms with Gasteiger partial charge in [0, 0.05) is 0 Å². The van der Waals surface area contributed by atoms with E-state index in [2.05, 4.69) is 0 Å². The zero-order valence-corrected chi connectivity index (χ0v) is 15.1. The van der Waals surface area contributed by atoms with Crippen LogP contribution in [0, 0.1) is 12.8 Å². The summed E-state index contributed by atoms with van der Waals surface area (Å²) in [4.78, 5) is 14.6. The molecule has 2 aliphatic heterocycles. The molecule has 0 unspecified atom stereocenters. The van der Waals surface area contributed by atoms with E-state index in [-0.39, 0.29) is 17.9 Å². The number of hydrogen-bond donors (Lipinski definition) is 0. The van der Waals surface area contributed by atoms with Gasteiger partial charge in [-0.2, -0.15) is 0 Å². The third-order valence-corrected chi connectivity index (χ3v) is 5.07. The van der Waals surface area contributed by atoms with Crippen LogP contribution < -0.4 is 14.2 Å². The summed E-state index contributed by atoms with van der Waals surface area (Å²) in [6.07, 6.45) is 0.752. The van der Waals surface area contributed by atoms with Crippen molar-refractivity contribution < 1.29 is 19.0 Å². The molecule has 0 aliphatic carbocycles. The van der Waals surface area contributed by atoms with Crippen LogP contribution in [-0.4, -0.2) is 43.7 Å². The zero-order chi connectivity index (χ0) is 18.1. The predicted octanol–water partition coefficient (Wildman–Crippen LogP) is 2.84. The minimum absolute atomic E-state index is 0.0666. The number of methoxy groups -OCH3 is 1. The summed E-state index contributed by atoms with van der Waals surface area (Å²) in [6, 6.07) is 13.8. The van der Waals surface area contributed by atoms with Crippen molar-refractivity contribution in [1.29, 1.82) is 0 Å². The molecule has 0 saturated carbocycles. The maximum atomic E-state index is 12.8. The molecule has 0 aromatic heterocycles. The number of benzene rings is 2. The van der Waals surface area contributed by atoms with Crippen molar-refractivity contribution >= 4 is 5.91 Å². The van der Waals surface area contributed by atoms with Gasteiger partial charge in [0.05, 0.1) is 26.1 Å². The second-order valence-electron chi connectivity index (χ2n) is 6.91. The third-order valence-electron chi connectivity index (χ3n) is 5.07. The van der Waals surface area contributed by atoms with Crippen LogP contribution in [0.1, 0.15) is 11.1 Å². The second-order valence-corrected chi connectivity index (χ2v) is 6.91. The van der Waals surface area contributed by atoms with Crippen LogP contribution >= 0.6 is 0 Å². The lowest BCUT2D eigenvalue weighted by molar-refractivity contribution is -0.145. The summed E-state index contributed by atoms with van der Waals surface area (Å²) < 4.78 is 17.2. The molecule has 2 aromatic carbocycles. The number of amides is 1. The molecule has 2 aromatic rings. The number of hydrogen-bond acceptors (Lipinski definition) is 4. The SMILES string of the molecule is COc1cccc2c1OC[C@H](C(=O)N1CC(Oc3ccccc3C)C1)C2. The molecule has 5 heteroatoms. The van der Waals surface area contributed by atoms with Gasteiger partial charge in [-0.1, -0.05) is 30.3 Å². The predicted molar refractivity (Wildman–Crippen MR) is 97.9 cm³/mol. The molecule has 4 rings (SSSR count). The first-order chi connectivity index (χ1) is 12.7. The van der Waals surface area contributed by atoms with Gasteiger partial charge < -0.3 is 19.1 Å². The van der Waals surface area contributed by atoms with Crippen LogP contribution in [0.15, 0.2) is 42.5 Å². The molecule has 0 N–H and O–H groups in total. The number of nitrogens with zero attached hydrogens (tertiary/aromatic N) is 1. The van der Waals surface area contributed by atoms with E-state index in [0.29, 0.717) is 26.1 Å². The van der Waals surface area contributed by atoms with Gasteiger partial charge in [0.15, 0.2) is 11.5 Å². The van der Waals surface area contributed by atoms with Gasteiger partial charge in [-0.15, -0.1) is 0 Å². The van der Waals surface area contributed by atoms with Crippen LogP contribution in [-0.2, 0) is 11.2 Å². The van der Waals surface area contributed by atoms with E-state index < -0.39 is 0 Å². The summed E-state index contributed by atoms with van der Waals surface area (Å²) in [7, 11) is 1.63. The summed E-state index contributed by atoms with van der Waals surface area (Å²) >= 11 is 0. The molecule has 0 spiro atoms. The minimum Gasteiger partial charge on any atom is -0.493 e.